The van der Waals surface area contributed by atoms with Gasteiger partial charge in [-0.1, -0.05) is 140 Å². The Morgan fingerprint density at radius 2 is 0.579 bits per heavy atom. The second kappa shape index (κ2) is 13.6. The lowest BCUT2D eigenvalue weighted by Gasteiger charge is -2.26. The molecule has 0 saturated carbocycles. The van der Waals surface area contributed by atoms with Crippen LogP contribution in [0.3, 0.4) is 0 Å². The van der Waals surface area contributed by atoms with E-state index in [1.807, 2.05) is 0 Å². The summed E-state index contributed by atoms with van der Waals surface area (Å²) in [5.41, 5.74) is 15.2. The highest BCUT2D eigenvalue weighted by Crippen LogP contribution is 2.40. The third-order valence-electron chi connectivity index (χ3n) is 11.3. The molecule has 0 aliphatic carbocycles. The summed E-state index contributed by atoms with van der Waals surface area (Å²) in [4.78, 5) is 2.33. The number of benzene rings is 9. The number of anilines is 3. The van der Waals surface area contributed by atoms with E-state index in [2.05, 4.69) is 238 Å². The van der Waals surface area contributed by atoms with E-state index in [9.17, 15) is 0 Å². The Morgan fingerprint density at radius 1 is 0.246 bits per heavy atom. The third kappa shape index (κ3) is 5.60. The van der Waals surface area contributed by atoms with E-state index in [1.54, 1.807) is 0 Å². The molecule has 11 aromatic rings. The molecule has 0 aliphatic heterocycles. The van der Waals surface area contributed by atoms with Crippen molar-refractivity contribution in [2.24, 2.45) is 0 Å². The molecule has 0 saturated heterocycles. The van der Waals surface area contributed by atoms with Crippen LogP contribution in [0.15, 0.2) is 224 Å². The highest BCUT2D eigenvalue weighted by atomic mass is 15.1. The van der Waals surface area contributed by atoms with Crippen molar-refractivity contribution in [2.75, 3.05) is 4.90 Å². The number of para-hydroxylation sites is 5. The molecular weight excluding hydrogens is 691 g/mol. The lowest BCUT2D eigenvalue weighted by Crippen LogP contribution is -2.09. The van der Waals surface area contributed by atoms with Crippen LogP contribution in [0, 0.1) is 0 Å². The van der Waals surface area contributed by atoms with E-state index in [0.717, 1.165) is 28.4 Å². The number of hydrogen-bond acceptors (Lipinski definition) is 1. The first-order valence-corrected chi connectivity index (χ1v) is 19.5. The Kier molecular flexibility index (Phi) is 7.82. The van der Waals surface area contributed by atoms with Crippen LogP contribution in [0.2, 0.25) is 0 Å². The van der Waals surface area contributed by atoms with Crippen molar-refractivity contribution >= 4 is 60.7 Å². The summed E-state index contributed by atoms with van der Waals surface area (Å²) >= 11 is 0. The van der Waals surface area contributed by atoms with Crippen molar-refractivity contribution < 1.29 is 0 Å². The van der Waals surface area contributed by atoms with Crippen LogP contribution in [0.1, 0.15) is 0 Å². The quantitative estimate of drug-likeness (QED) is 0.159. The van der Waals surface area contributed by atoms with Crippen LogP contribution in [-0.4, -0.2) is 9.13 Å². The van der Waals surface area contributed by atoms with Gasteiger partial charge >= 0.3 is 0 Å². The molecule has 57 heavy (non-hydrogen) atoms. The topological polar surface area (TPSA) is 13.1 Å². The van der Waals surface area contributed by atoms with Gasteiger partial charge in [-0.3, -0.25) is 0 Å². The van der Waals surface area contributed by atoms with Gasteiger partial charge in [-0.2, -0.15) is 0 Å². The smallest absolute Gasteiger partial charge is 0.0547 e. The van der Waals surface area contributed by atoms with Crippen molar-refractivity contribution in [1.29, 1.82) is 0 Å². The molecule has 0 spiro atoms. The first kappa shape index (κ1) is 32.8. The van der Waals surface area contributed by atoms with Crippen LogP contribution in [0.25, 0.3) is 77.2 Å². The van der Waals surface area contributed by atoms with Gasteiger partial charge in [0.25, 0.3) is 0 Å². The minimum atomic E-state index is 1.10. The Labute approximate surface area is 331 Å². The van der Waals surface area contributed by atoms with E-state index < -0.39 is 0 Å². The minimum absolute atomic E-state index is 1.10. The molecule has 3 nitrogen and oxygen atoms in total. The Bertz CT molecular complexity index is 2990. The Balaban J connectivity index is 0.960. The molecule has 0 atom stereocenters. The van der Waals surface area contributed by atoms with E-state index in [1.165, 1.54) is 65.9 Å². The maximum absolute atomic E-state index is 2.38. The summed E-state index contributed by atoms with van der Waals surface area (Å²) in [6, 6.07) is 81.0. The van der Waals surface area contributed by atoms with Crippen molar-refractivity contribution in [3.8, 4) is 33.6 Å². The van der Waals surface area contributed by atoms with Crippen LogP contribution >= 0.6 is 0 Å². The average Bonchev–Trinajstić information content (AvgIpc) is 3.80. The Morgan fingerprint density at radius 3 is 1.02 bits per heavy atom. The molecule has 9 aromatic carbocycles. The molecular formula is C54H37N3. The second-order valence-corrected chi connectivity index (χ2v) is 14.6. The first-order valence-electron chi connectivity index (χ1n) is 19.5. The van der Waals surface area contributed by atoms with Crippen LogP contribution in [0.4, 0.5) is 17.1 Å². The monoisotopic (exact) mass is 727 g/mol. The van der Waals surface area contributed by atoms with E-state index >= 15 is 0 Å². The molecule has 0 radical (unpaired) electrons. The molecule has 0 bridgehead atoms. The molecule has 0 unspecified atom stereocenters. The first-order chi connectivity index (χ1) is 28.3. The van der Waals surface area contributed by atoms with Crippen molar-refractivity contribution in [2.45, 2.75) is 0 Å². The second-order valence-electron chi connectivity index (χ2n) is 14.6. The van der Waals surface area contributed by atoms with Crippen LogP contribution in [-0.2, 0) is 0 Å². The zero-order chi connectivity index (χ0) is 37.7. The fourth-order valence-corrected chi connectivity index (χ4v) is 8.64. The molecule has 11 rings (SSSR count). The van der Waals surface area contributed by atoms with E-state index in [-0.39, 0.29) is 0 Å². The van der Waals surface area contributed by atoms with Gasteiger partial charge in [0.15, 0.2) is 0 Å². The lowest BCUT2D eigenvalue weighted by molar-refractivity contribution is 1.18. The zero-order valence-corrected chi connectivity index (χ0v) is 31.2. The Hall–Kier alpha value is -7.62. The van der Waals surface area contributed by atoms with E-state index in [0.29, 0.717) is 0 Å². The molecule has 0 amide bonds. The van der Waals surface area contributed by atoms with Crippen molar-refractivity contribution in [1.82, 2.24) is 9.13 Å². The number of aromatic nitrogens is 2. The summed E-state index contributed by atoms with van der Waals surface area (Å²) in [7, 11) is 0. The highest BCUT2D eigenvalue weighted by molar-refractivity contribution is 6.11. The van der Waals surface area contributed by atoms with Gasteiger partial charge in [0.1, 0.15) is 0 Å². The summed E-state index contributed by atoms with van der Waals surface area (Å²) in [5.74, 6) is 0. The maximum Gasteiger partial charge on any atom is 0.0547 e. The summed E-state index contributed by atoms with van der Waals surface area (Å²) < 4.78 is 4.76. The van der Waals surface area contributed by atoms with E-state index in [4.69, 9.17) is 0 Å². The van der Waals surface area contributed by atoms with Gasteiger partial charge in [-0.15, -0.1) is 0 Å². The third-order valence-corrected chi connectivity index (χ3v) is 11.3. The molecule has 0 aliphatic rings. The maximum atomic E-state index is 2.38. The number of fused-ring (bicyclic) bond motifs is 6. The summed E-state index contributed by atoms with van der Waals surface area (Å²) in [5, 5.41) is 5.04. The highest BCUT2D eigenvalue weighted by Gasteiger charge is 2.17. The number of hydrogen-bond donors (Lipinski definition) is 0. The van der Waals surface area contributed by atoms with Crippen molar-refractivity contribution in [3.05, 3.63) is 224 Å². The van der Waals surface area contributed by atoms with Gasteiger partial charge in [-0.25, -0.2) is 0 Å². The minimum Gasteiger partial charge on any atom is -0.311 e. The molecule has 3 heteroatoms. The molecule has 0 fully saturated rings. The number of rotatable bonds is 7. The molecule has 0 N–H and O–H groups in total. The summed E-state index contributed by atoms with van der Waals surface area (Å²) in [6.45, 7) is 0. The predicted octanol–water partition coefficient (Wildman–Crippen LogP) is 14.7. The molecule has 2 heterocycles. The standard InChI is InChI=1S/C54H37N3/c1-4-14-42(15-5-1)55(45-30-24-38(25-31-45)40-28-34-49-47-20-10-12-22-51(47)56(53(49)36-40)43-16-6-2-7-17-43)46-32-26-39(27-33-46)41-29-35-50-48-21-11-13-23-52(48)57(54(50)37-41)44-18-8-3-9-19-44/h1-37H. The van der Waals surface area contributed by atoms with Gasteiger partial charge < -0.3 is 14.0 Å². The molecule has 268 valence electrons. The lowest BCUT2D eigenvalue weighted by atomic mass is 10.0. The average molecular weight is 728 g/mol. The fraction of sp³-hybridized carbons (Fsp3) is 0. The van der Waals surface area contributed by atoms with Gasteiger partial charge in [0.05, 0.1) is 22.1 Å². The van der Waals surface area contributed by atoms with Crippen molar-refractivity contribution in [3.63, 3.8) is 0 Å². The molecule has 2 aromatic heterocycles. The van der Waals surface area contributed by atoms with Crippen LogP contribution in [0.5, 0.6) is 0 Å². The summed E-state index contributed by atoms with van der Waals surface area (Å²) in [6.07, 6.45) is 0. The number of nitrogens with zero attached hydrogens (tertiary/aromatic N) is 3. The zero-order valence-electron chi connectivity index (χ0n) is 31.2. The fourth-order valence-electron chi connectivity index (χ4n) is 8.64. The van der Waals surface area contributed by atoms with Gasteiger partial charge in [0.2, 0.25) is 0 Å². The normalized spacial score (nSPS) is 11.5. The SMILES string of the molecule is c1ccc(N(c2ccc(-c3ccc4c5ccccc5n(-c5ccccc5)c4c3)cc2)c2ccc(-c3ccc4c5ccccc5n(-c5ccccc5)c4c3)cc2)cc1. The van der Waals surface area contributed by atoms with Gasteiger partial charge in [-0.05, 0) is 107 Å². The van der Waals surface area contributed by atoms with Crippen LogP contribution < -0.4 is 4.90 Å². The largest absolute Gasteiger partial charge is 0.311 e. The van der Waals surface area contributed by atoms with Gasteiger partial charge in [0, 0.05) is 50.0 Å². The predicted molar refractivity (Wildman–Crippen MR) is 241 cm³/mol.